The van der Waals surface area contributed by atoms with Gasteiger partial charge in [0.25, 0.3) is 5.91 Å². The third-order valence-corrected chi connectivity index (χ3v) is 9.20. The van der Waals surface area contributed by atoms with E-state index < -0.39 is 0 Å². The Bertz CT molecular complexity index is 1290. The van der Waals surface area contributed by atoms with E-state index in [-0.39, 0.29) is 17.8 Å². The first-order valence-electron chi connectivity index (χ1n) is 11.4. The van der Waals surface area contributed by atoms with Gasteiger partial charge in [0.05, 0.1) is 11.6 Å². The molecule has 34 heavy (non-hydrogen) atoms. The number of aromatic nitrogens is 1. The molecular weight excluding hydrogens is 484 g/mol. The molecule has 1 aliphatic rings. The highest BCUT2D eigenvalue weighted by molar-refractivity contribution is 7.21. The first kappa shape index (κ1) is 23.3. The SMILES string of the molecule is CNC1CCC(N(Cc2cc(-c3ccc([NH-])nc3)cs2)C(=O)c2sc3ccccc3c2Cl)CC1. The number of hydrogen-bond donors (Lipinski definition) is 1. The Balaban J connectivity index is 1.44. The van der Waals surface area contributed by atoms with Crippen LogP contribution in [0.1, 0.15) is 40.2 Å². The summed E-state index contributed by atoms with van der Waals surface area (Å²) in [5, 5.41) is 6.99. The molecule has 0 spiro atoms. The minimum atomic E-state index is 0.0225. The lowest BCUT2D eigenvalue weighted by Crippen LogP contribution is -2.44. The van der Waals surface area contributed by atoms with Crippen molar-refractivity contribution in [2.24, 2.45) is 0 Å². The summed E-state index contributed by atoms with van der Waals surface area (Å²) >= 11 is 9.86. The molecule has 1 aromatic carbocycles. The normalized spacial score (nSPS) is 18.3. The molecule has 5 rings (SSSR count). The van der Waals surface area contributed by atoms with Gasteiger partial charge in [-0.2, -0.15) is 0 Å². The summed E-state index contributed by atoms with van der Waals surface area (Å²) in [6.07, 6.45) is 5.81. The number of pyridine rings is 1. The van der Waals surface area contributed by atoms with Crippen LogP contribution in [0, 0.1) is 0 Å². The lowest BCUT2D eigenvalue weighted by Gasteiger charge is -2.36. The molecule has 5 nitrogen and oxygen atoms in total. The van der Waals surface area contributed by atoms with Crippen molar-refractivity contribution in [3.8, 4) is 11.1 Å². The van der Waals surface area contributed by atoms with Crippen molar-refractivity contribution in [3.05, 3.63) is 74.6 Å². The lowest BCUT2D eigenvalue weighted by molar-refractivity contribution is 0.0609. The van der Waals surface area contributed by atoms with Gasteiger partial charge in [0, 0.05) is 27.0 Å². The fourth-order valence-electron chi connectivity index (χ4n) is 4.67. The molecule has 0 radical (unpaired) electrons. The second kappa shape index (κ2) is 10.0. The quantitative estimate of drug-likeness (QED) is 0.292. The molecule has 1 saturated carbocycles. The van der Waals surface area contributed by atoms with Crippen LogP contribution >= 0.6 is 34.3 Å². The minimum Gasteiger partial charge on any atom is -0.482 e. The van der Waals surface area contributed by atoms with Gasteiger partial charge in [0.15, 0.2) is 0 Å². The molecule has 1 amide bonds. The zero-order chi connectivity index (χ0) is 23.7. The van der Waals surface area contributed by atoms with Crippen LogP contribution in [-0.2, 0) is 6.54 Å². The van der Waals surface area contributed by atoms with Crippen LogP contribution in [0.25, 0.3) is 26.9 Å². The van der Waals surface area contributed by atoms with Gasteiger partial charge in [-0.05, 0) is 61.4 Å². The molecule has 1 fully saturated rings. The summed E-state index contributed by atoms with van der Waals surface area (Å²) in [5.74, 6) is 0.280. The van der Waals surface area contributed by atoms with E-state index in [0.717, 1.165) is 51.8 Å². The number of fused-ring (bicyclic) bond motifs is 1. The van der Waals surface area contributed by atoms with Crippen molar-refractivity contribution in [1.29, 1.82) is 0 Å². The Hall–Kier alpha value is -2.45. The maximum atomic E-state index is 13.9. The number of thiophene rings is 2. The molecule has 2 N–H and O–H groups in total. The predicted octanol–water partition coefficient (Wildman–Crippen LogP) is 7.53. The van der Waals surface area contributed by atoms with E-state index in [0.29, 0.717) is 22.5 Å². The Morgan fingerprint density at radius 3 is 2.68 bits per heavy atom. The lowest BCUT2D eigenvalue weighted by atomic mass is 9.90. The molecule has 0 atom stereocenters. The van der Waals surface area contributed by atoms with Gasteiger partial charge < -0.3 is 20.9 Å². The summed E-state index contributed by atoms with van der Waals surface area (Å²) in [7, 11) is 2.01. The number of benzene rings is 1. The second-order valence-electron chi connectivity index (χ2n) is 8.70. The van der Waals surface area contributed by atoms with E-state index in [1.807, 2.05) is 42.3 Å². The summed E-state index contributed by atoms with van der Waals surface area (Å²) in [5.41, 5.74) is 9.67. The zero-order valence-electron chi connectivity index (χ0n) is 18.9. The van der Waals surface area contributed by atoms with Crippen molar-refractivity contribution in [2.45, 2.75) is 44.3 Å². The number of rotatable bonds is 6. The topological polar surface area (TPSA) is 69.0 Å². The number of nitrogens with zero attached hydrogens (tertiary/aromatic N) is 2. The fourth-order valence-corrected chi connectivity index (χ4v) is 7.03. The van der Waals surface area contributed by atoms with Crippen molar-refractivity contribution in [3.63, 3.8) is 0 Å². The van der Waals surface area contributed by atoms with Crippen LogP contribution < -0.4 is 5.32 Å². The van der Waals surface area contributed by atoms with Crippen LogP contribution in [0.15, 0.2) is 54.0 Å². The second-order valence-corrected chi connectivity index (χ2v) is 11.1. The average Bonchev–Trinajstić information content (AvgIpc) is 3.47. The van der Waals surface area contributed by atoms with Gasteiger partial charge in [0.2, 0.25) is 0 Å². The summed E-state index contributed by atoms with van der Waals surface area (Å²) < 4.78 is 1.04. The molecule has 4 aromatic rings. The minimum absolute atomic E-state index is 0.0225. The smallest absolute Gasteiger partial charge is 0.266 e. The van der Waals surface area contributed by atoms with E-state index in [2.05, 4.69) is 21.7 Å². The number of nitrogens with one attached hydrogen (secondary N) is 2. The molecule has 176 valence electrons. The highest BCUT2D eigenvalue weighted by Crippen LogP contribution is 2.38. The van der Waals surface area contributed by atoms with Crippen LogP contribution in [0.3, 0.4) is 0 Å². The highest BCUT2D eigenvalue weighted by Gasteiger charge is 2.31. The summed E-state index contributed by atoms with van der Waals surface area (Å²) in [6, 6.07) is 14.4. The standard InChI is InChI=1S/C26H26ClN4OS2/c1-29-18-7-9-19(10-8-18)31(26(32)25-24(27)21-4-2-3-5-22(21)34-25)14-20-12-17(15-33-20)16-6-11-23(28)30-13-16/h2-6,11-13,15,18-19,29H,7-10,14H2,1H3,(H-,28,30)/q-1. The van der Waals surface area contributed by atoms with Gasteiger partial charge in [-0.25, -0.2) is 0 Å². The number of amides is 1. The van der Waals surface area contributed by atoms with Crippen molar-refractivity contribution in [2.75, 3.05) is 7.05 Å². The van der Waals surface area contributed by atoms with Gasteiger partial charge >= 0.3 is 0 Å². The Morgan fingerprint density at radius 2 is 1.97 bits per heavy atom. The number of halogens is 1. The maximum Gasteiger partial charge on any atom is 0.266 e. The van der Waals surface area contributed by atoms with E-state index >= 15 is 0 Å². The van der Waals surface area contributed by atoms with Gasteiger partial charge in [0.1, 0.15) is 4.88 Å². The zero-order valence-corrected chi connectivity index (χ0v) is 21.3. The van der Waals surface area contributed by atoms with Crippen molar-refractivity contribution in [1.82, 2.24) is 15.2 Å². The van der Waals surface area contributed by atoms with Crippen LogP contribution in [0.4, 0.5) is 5.82 Å². The fraction of sp³-hybridized carbons (Fsp3) is 0.308. The maximum absolute atomic E-state index is 13.9. The first-order chi connectivity index (χ1) is 16.5. The van der Waals surface area contributed by atoms with Crippen LogP contribution in [0.2, 0.25) is 5.02 Å². The third-order valence-electron chi connectivity index (χ3n) is 6.61. The van der Waals surface area contributed by atoms with Crippen molar-refractivity contribution >= 4 is 56.1 Å². The van der Waals surface area contributed by atoms with E-state index in [1.54, 1.807) is 23.6 Å². The predicted molar refractivity (Wildman–Crippen MR) is 143 cm³/mol. The highest BCUT2D eigenvalue weighted by atomic mass is 35.5. The summed E-state index contributed by atoms with van der Waals surface area (Å²) in [6.45, 7) is 0.562. The molecule has 0 bridgehead atoms. The largest absolute Gasteiger partial charge is 0.482 e. The summed E-state index contributed by atoms with van der Waals surface area (Å²) in [4.78, 5) is 21.8. The Labute approximate surface area is 212 Å². The van der Waals surface area contributed by atoms with Crippen LogP contribution in [-0.4, -0.2) is 34.9 Å². The van der Waals surface area contributed by atoms with Gasteiger partial charge in [-0.15, -0.1) is 22.7 Å². The van der Waals surface area contributed by atoms with Crippen LogP contribution in [0.5, 0.6) is 0 Å². The first-order valence-corrected chi connectivity index (χ1v) is 13.5. The monoisotopic (exact) mass is 509 g/mol. The molecular formula is C26H26ClN4OS2-. The number of hydrogen-bond acceptors (Lipinski definition) is 5. The van der Waals surface area contributed by atoms with E-state index in [1.165, 1.54) is 11.3 Å². The van der Waals surface area contributed by atoms with Gasteiger partial charge in [-0.1, -0.05) is 53.9 Å². The molecule has 8 heteroatoms. The molecule has 3 heterocycles. The van der Waals surface area contributed by atoms with Crippen molar-refractivity contribution < 1.29 is 4.79 Å². The number of carbonyl (C=O) groups is 1. The Kier molecular flexibility index (Phi) is 6.88. The molecule has 0 aliphatic heterocycles. The Morgan fingerprint density at radius 1 is 1.18 bits per heavy atom. The average molecular weight is 510 g/mol. The van der Waals surface area contributed by atoms with E-state index in [4.69, 9.17) is 17.3 Å². The third kappa shape index (κ3) is 4.70. The molecule has 0 unspecified atom stereocenters. The van der Waals surface area contributed by atoms with E-state index in [9.17, 15) is 4.79 Å². The molecule has 0 saturated heterocycles. The molecule has 3 aromatic heterocycles. The number of carbonyl (C=O) groups excluding carboxylic acids is 1. The molecule has 1 aliphatic carbocycles. The van der Waals surface area contributed by atoms with Gasteiger partial charge in [-0.3, -0.25) is 4.79 Å².